The molecule has 0 aromatic heterocycles. The van der Waals surface area contributed by atoms with Crippen LogP contribution in [-0.4, -0.2) is 70.6 Å². The summed E-state index contributed by atoms with van der Waals surface area (Å²) >= 11 is 5.82. The molecule has 2 aliphatic rings. The van der Waals surface area contributed by atoms with Crippen molar-refractivity contribution in [1.82, 2.24) is 9.62 Å². The van der Waals surface area contributed by atoms with Gasteiger partial charge >= 0.3 is 0 Å². The Hall–Kier alpha value is -1.19. The first-order valence-corrected chi connectivity index (χ1v) is 10.7. The number of sulfonamides is 1. The number of hydrogen-bond donors (Lipinski definition) is 2. The maximum Gasteiger partial charge on any atom is 0.275 e. The van der Waals surface area contributed by atoms with Gasteiger partial charge in [0.25, 0.3) is 5.91 Å². The van der Waals surface area contributed by atoms with Crippen LogP contribution in [0.2, 0.25) is 5.02 Å². The molecule has 144 valence electrons. The Labute approximate surface area is 159 Å². The highest BCUT2D eigenvalue weighted by Crippen LogP contribution is 2.18. The Balaban J connectivity index is 1.46. The molecule has 0 spiro atoms. The second kappa shape index (κ2) is 8.67. The first kappa shape index (κ1) is 19.6. The van der Waals surface area contributed by atoms with Crippen molar-refractivity contribution >= 4 is 27.5 Å². The summed E-state index contributed by atoms with van der Waals surface area (Å²) in [7, 11) is -3.51. The normalized spacial score (nSPS) is 22.4. The number of amides is 1. The summed E-state index contributed by atoms with van der Waals surface area (Å²) in [5, 5.41) is 3.42. The van der Waals surface area contributed by atoms with Gasteiger partial charge in [-0.05, 0) is 37.1 Å². The van der Waals surface area contributed by atoms with Crippen molar-refractivity contribution in [2.45, 2.75) is 23.8 Å². The van der Waals surface area contributed by atoms with E-state index in [0.717, 1.165) is 24.3 Å². The smallest absolute Gasteiger partial charge is 0.275 e. The Morgan fingerprint density at radius 2 is 1.96 bits per heavy atom. The number of ether oxygens (including phenoxy) is 1. The van der Waals surface area contributed by atoms with Gasteiger partial charge in [0.1, 0.15) is 0 Å². The highest BCUT2D eigenvalue weighted by molar-refractivity contribution is 7.89. The van der Waals surface area contributed by atoms with E-state index in [0.29, 0.717) is 44.3 Å². The van der Waals surface area contributed by atoms with Crippen molar-refractivity contribution in [2.75, 3.05) is 45.9 Å². The molecule has 3 rings (SSSR count). The third kappa shape index (κ3) is 4.95. The Morgan fingerprint density at radius 3 is 2.58 bits per heavy atom. The van der Waals surface area contributed by atoms with Gasteiger partial charge in [0.15, 0.2) is 6.54 Å². The number of halogens is 1. The second-order valence-electron chi connectivity index (χ2n) is 6.72. The fourth-order valence-electron chi connectivity index (χ4n) is 3.30. The molecule has 7 nitrogen and oxygen atoms in total. The minimum atomic E-state index is -3.51. The summed E-state index contributed by atoms with van der Waals surface area (Å²) in [6.07, 6.45) is 2.18. The maximum absolute atomic E-state index is 12.7. The molecule has 1 aromatic carbocycles. The van der Waals surface area contributed by atoms with Crippen molar-refractivity contribution in [3.63, 3.8) is 0 Å². The summed E-state index contributed by atoms with van der Waals surface area (Å²) in [4.78, 5) is 13.4. The predicted octanol–water partition coefficient (Wildman–Crippen LogP) is -0.476. The summed E-state index contributed by atoms with van der Waals surface area (Å²) < 4.78 is 32.3. The van der Waals surface area contributed by atoms with E-state index in [4.69, 9.17) is 16.3 Å². The van der Waals surface area contributed by atoms with Crippen LogP contribution in [0.3, 0.4) is 0 Å². The van der Waals surface area contributed by atoms with Crippen LogP contribution in [0.15, 0.2) is 29.2 Å². The number of nitrogens with zero attached hydrogens (tertiary/aromatic N) is 1. The number of benzene rings is 1. The van der Waals surface area contributed by atoms with Crippen LogP contribution >= 0.6 is 11.6 Å². The molecule has 2 saturated heterocycles. The number of quaternary nitrogens is 1. The van der Waals surface area contributed by atoms with E-state index in [1.165, 1.54) is 16.4 Å². The number of carbonyl (C=O) groups is 1. The molecule has 26 heavy (non-hydrogen) atoms. The molecule has 2 aliphatic heterocycles. The summed E-state index contributed by atoms with van der Waals surface area (Å²) in [6.45, 7) is 3.72. The third-order valence-corrected chi connectivity index (χ3v) is 7.01. The zero-order valence-electron chi connectivity index (χ0n) is 14.6. The molecule has 2 N–H and O–H groups in total. The third-order valence-electron chi connectivity index (χ3n) is 4.84. The summed E-state index contributed by atoms with van der Waals surface area (Å²) in [6, 6.07) is 6.20. The van der Waals surface area contributed by atoms with Crippen LogP contribution in [-0.2, 0) is 19.6 Å². The molecule has 0 radical (unpaired) electrons. The van der Waals surface area contributed by atoms with Crippen LogP contribution in [0.25, 0.3) is 0 Å². The number of nitrogens with one attached hydrogen (secondary N) is 2. The Kier molecular flexibility index (Phi) is 6.52. The molecule has 0 aliphatic carbocycles. The molecular formula is C17H25ClN3O4S+. The van der Waals surface area contributed by atoms with Crippen molar-refractivity contribution in [3.8, 4) is 0 Å². The van der Waals surface area contributed by atoms with Crippen LogP contribution in [0.1, 0.15) is 12.8 Å². The average molecular weight is 403 g/mol. The molecule has 2 heterocycles. The lowest BCUT2D eigenvalue weighted by atomic mass is 10.2. The lowest BCUT2D eigenvalue weighted by Crippen LogP contribution is -3.15. The topological polar surface area (TPSA) is 80.2 Å². The highest BCUT2D eigenvalue weighted by atomic mass is 35.5. The zero-order chi connectivity index (χ0) is 18.6. The van der Waals surface area contributed by atoms with Crippen molar-refractivity contribution in [3.05, 3.63) is 29.3 Å². The minimum absolute atomic E-state index is 0.00971. The van der Waals surface area contributed by atoms with E-state index in [1.807, 2.05) is 0 Å². The standard InChI is InChI=1S/C17H24ClN3O4S/c18-14-3-5-16(6-4-14)26(23,24)21-9-7-20(8-10-21)13-17(22)19-12-15-2-1-11-25-15/h3-6,15H,1-2,7-13H2,(H,19,22)/p+1/t15-/m1/s1. The van der Waals surface area contributed by atoms with E-state index >= 15 is 0 Å². The first-order chi connectivity index (χ1) is 12.4. The van der Waals surface area contributed by atoms with Crippen molar-refractivity contribution in [2.24, 2.45) is 0 Å². The molecule has 1 amide bonds. The van der Waals surface area contributed by atoms with E-state index in [1.54, 1.807) is 12.1 Å². The predicted molar refractivity (Wildman–Crippen MR) is 97.8 cm³/mol. The van der Waals surface area contributed by atoms with Gasteiger partial charge in [0.05, 0.1) is 37.2 Å². The quantitative estimate of drug-likeness (QED) is 0.674. The van der Waals surface area contributed by atoms with Crippen molar-refractivity contribution < 1.29 is 22.8 Å². The van der Waals surface area contributed by atoms with Gasteiger partial charge < -0.3 is 15.0 Å². The second-order valence-corrected chi connectivity index (χ2v) is 9.10. The van der Waals surface area contributed by atoms with Crippen LogP contribution in [0.4, 0.5) is 0 Å². The van der Waals surface area contributed by atoms with Gasteiger partial charge in [-0.3, -0.25) is 4.79 Å². The van der Waals surface area contributed by atoms with Gasteiger partial charge in [0, 0.05) is 18.2 Å². The van der Waals surface area contributed by atoms with Gasteiger partial charge in [-0.25, -0.2) is 8.42 Å². The first-order valence-electron chi connectivity index (χ1n) is 8.93. The molecule has 2 fully saturated rings. The average Bonchev–Trinajstić information content (AvgIpc) is 3.14. The number of carbonyl (C=O) groups excluding carboxylic acids is 1. The molecule has 1 atom stereocenters. The van der Waals surface area contributed by atoms with Gasteiger partial charge in [-0.1, -0.05) is 11.6 Å². The van der Waals surface area contributed by atoms with E-state index in [9.17, 15) is 13.2 Å². The lowest BCUT2D eigenvalue weighted by molar-refractivity contribution is -0.895. The van der Waals surface area contributed by atoms with Gasteiger partial charge in [-0.15, -0.1) is 0 Å². The zero-order valence-corrected chi connectivity index (χ0v) is 16.2. The molecule has 1 aromatic rings. The molecule has 0 saturated carbocycles. The minimum Gasteiger partial charge on any atom is -0.376 e. The summed E-state index contributed by atoms with van der Waals surface area (Å²) in [5.74, 6) is -0.00971. The van der Waals surface area contributed by atoms with E-state index < -0.39 is 10.0 Å². The van der Waals surface area contributed by atoms with Crippen LogP contribution in [0, 0.1) is 0 Å². The number of rotatable bonds is 6. The largest absolute Gasteiger partial charge is 0.376 e. The summed E-state index contributed by atoms with van der Waals surface area (Å²) in [5.41, 5.74) is 0. The highest BCUT2D eigenvalue weighted by Gasteiger charge is 2.31. The Bertz CT molecular complexity index is 712. The van der Waals surface area contributed by atoms with E-state index in [2.05, 4.69) is 5.32 Å². The van der Waals surface area contributed by atoms with Crippen LogP contribution < -0.4 is 10.2 Å². The Morgan fingerprint density at radius 1 is 1.27 bits per heavy atom. The van der Waals surface area contributed by atoms with E-state index in [-0.39, 0.29) is 16.9 Å². The lowest BCUT2D eigenvalue weighted by Gasteiger charge is -2.31. The fourth-order valence-corrected chi connectivity index (χ4v) is 4.87. The van der Waals surface area contributed by atoms with Gasteiger partial charge in [-0.2, -0.15) is 4.31 Å². The number of hydrogen-bond acceptors (Lipinski definition) is 4. The molecular weight excluding hydrogens is 378 g/mol. The van der Waals surface area contributed by atoms with Crippen molar-refractivity contribution in [1.29, 1.82) is 0 Å². The number of piperazine rings is 1. The monoisotopic (exact) mass is 402 g/mol. The fraction of sp³-hybridized carbons (Fsp3) is 0.588. The SMILES string of the molecule is O=C(C[NH+]1CCN(S(=O)(=O)c2ccc(Cl)cc2)CC1)NC[C@H]1CCCO1. The molecule has 9 heteroatoms. The van der Waals surface area contributed by atoms with Gasteiger partial charge in [0.2, 0.25) is 10.0 Å². The molecule has 0 bridgehead atoms. The maximum atomic E-state index is 12.7. The van der Waals surface area contributed by atoms with Crippen LogP contribution in [0.5, 0.6) is 0 Å². The molecule has 0 unspecified atom stereocenters.